The molecule has 0 fully saturated rings. The third kappa shape index (κ3) is 7.29. The van der Waals surface area contributed by atoms with Crippen molar-refractivity contribution in [3.63, 3.8) is 0 Å². The average Bonchev–Trinajstić information content (AvgIpc) is 3.34. The highest BCUT2D eigenvalue weighted by atomic mass is 35.5. The minimum absolute atomic E-state index is 0.172. The molecule has 36 heavy (non-hydrogen) atoms. The summed E-state index contributed by atoms with van der Waals surface area (Å²) in [5.74, 6) is -0.385. The topological polar surface area (TPSA) is 110 Å². The van der Waals surface area contributed by atoms with Gasteiger partial charge in [-0.2, -0.15) is 5.10 Å². The largest absolute Gasteiger partial charge is 0.462 e. The minimum Gasteiger partial charge on any atom is -0.462 e. The molecule has 2 amide bonds. The van der Waals surface area contributed by atoms with Crippen LogP contribution in [0.15, 0.2) is 70.2 Å². The van der Waals surface area contributed by atoms with Crippen molar-refractivity contribution in [1.29, 1.82) is 0 Å². The molecule has 188 valence electrons. The zero-order valence-corrected chi connectivity index (χ0v) is 21.0. The Bertz CT molecular complexity index is 1220. The molecule has 1 unspecified atom stereocenters. The Balaban J connectivity index is 1.58. The third-order valence-electron chi connectivity index (χ3n) is 5.18. The van der Waals surface area contributed by atoms with Gasteiger partial charge in [0.15, 0.2) is 0 Å². The maximum absolute atomic E-state index is 12.6. The lowest BCUT2D eigenvalue weighted by Gasteiger charge is -2.20. The molecule has 8 nitrogen and oxygen atoms in total. The lowest BCUT2D eigenvalue weighted by Crippen LogP contribution is -2.48. The smallest absolute Gasteiger partial charge is 0.338 e. The number of carbonyl (C=O) groups is 3. The number of esters is 1. The van der Waals surface area contributed by atoms with Gasteiger partial charge in [-0.1, -0.05) is 44.5 Å². The summed E-state index contributed by atoms with van der Waals surface area (Å²) in [4.78, 5) is 37.1. The molecule has 0 radical (unpaired) electrons. The second kappa shape index (κ2) is 12.7. The van der Waals surface area contributed by atoms with Crippen LogP contribution < -0.4 is 10.7 Å². The Morgan fingerprint density at radius 1 is 1.00 bits per heavy atom. The van der Waals surface area contributed by atoms with Gasteiger partial charge in [-0.3, -0.25) is 9.59 Å². The fourth-order valence-electron chi connectivity index (χ4n) is 3.22. The van der Waals surface area contributed by atoms with E-state index in [9.17, 15) is 14.4 Å². The van der Waals surface area contributed by atoms with Crippen LogP contribution in [0.2, 0.25) is 5.02 Å². The summed E-state index contributed by atoms with van der Waals surface area (Å²) in [6, 6.07) is 15.9. The van der Waals surface area contributed by atoms with Crippen LogP contribution in [0.4, 0.5) is 0 Å². The van der Waals surface area contributed by atoms with Crippen molar-refractivity contribution < 1.29 is 23.5 Å². The SMILES string of the molecule is CCCOC(=O)c1ccc(-c2ccc(/C=N\NC(=O)C(NC(=O)c3ccc(Cl)cc3)C(C)C)o2)cc1. The number of hydrazone groups is 1. The van der Waals surface area contributed by atoms with E-state index in [1.54, 1.807) is 60.7 Å². The standard InChI is InChI=1S/C27H28ClN3O5/c1-4-15-35-27(34)20-7-5-18(6-8-20)23-14-13-22(36-23)16-29-31-26(33)24(17(2)3)30-25(32)19-9-11-21(28)12-10-19/h5-14,16-17,24H,4,15H2,1-3H3,(H,30,32)(H,31,33)/b29-16-. The van der Waals surface area contributed by atoms with Gasteiger partial charge in [0.25, 0.3) is 11.8 Å². The van der Waals surface area contributed by atoms with Crippen molar-refractivity contribution in [3.8, 4) is 11.3 Å². The van der Waals surface area contributed by atoms with Gasteiger partial charge < -0.3 is 14.5 Å². The molecule has 3 rings (SSSR count). The first kappa shape index (κ1) is 26.7. The molecule has 0 aliphatic rings. The second-order valence-electron chi connectivity index (χ2n) is 8.35. The number of nitrogens with zero attached hydrogens (tertiary/aromatic N) is 1. The number of ether oxygens (including phenoxy) is 1. The van der Waals surface area contributed by atoms with Gasteiger partial charge in [-0.05, 0) is 60.9 Å². The summed E-state index contributed by atoms with van der Waals surface area (Å²) in [7, 11) is 0. The van der Waals surface area contributed by atoms with Crippen LogP contribution in [0, 0.1) is 5.92 Å². The predicted molar refractivity (Wildman–Crippen MR) is 138 cm³/mol. The van der Waals surface area contributed by atoms with Crippen LogP contribution in [-0.4, -0.2) is 36.6 Å². The number of hydrogen-bond donors (Lipinski definition) is 2. The predicted octanol–water partition coefficient (Wildman–Crippen LogP) is 5.07. The Labute approximate surface area is 214 Å². The van der Waals surface area contributed by atoms with Crippen molar-refractivity contribution in [3.05, 3.63) is 82.6 Å². The van der Waals surface area contributed by atoms with Gasteiger partial charge in [-0.25, -0.2) is 10.2 Å². The zero-order valence-electron chi connectivity index (χ0n) is 20.3. The van der Waals surface area contributed by atoms with E-state index >= 15 is 0 Å². The highest BCUT2D eigenvalue weighted by molar-refractivity contribution is 6.30. The van der Waals surface area contributed by atoms with Crippen molar-refractivity contribution in [2.75, 3.05) is 6.61 Å². The normalized spacial score (nSPS) is 11.9. The van der Waals surface area contributed by atoms with E-state index < -0.39 is 11.9 Å². The minimum atomic E-state index is -0.792. The summed E-state index contributed by atoms with van der Waals surface area (Å²) in [6.45, 7) is 5.96. The number of nitrogens with one attached hydrogen (secondary N) is 2. The first-order valence-electron chi connectivity index (χ1n) is 11.5. The second-order valence-corrected chi connectivity index (χ2v) is 8.79. The zero-order chi connectivity index (χ0) is 26.1. The van der Waals surface area contributed by atoms with Crippen molar-refractivity contribution >= 4 is 35.6 Å². The Hall–Kier alpha value is -3.91. The van der Waals surface area contributed by atoms with Crippen molar-refractivity contribution in [2.45, 2.75) is 33.2 Å². The summed E-state index contributed by atoms with van der Waals surface area (Å²) < 4.78 is 10.9. The fraction of sp³-hybridized carbons (Fsp3) is 0.259. The molecule has 0 bridgehead atoms. The van der Waals surface area contributed by atoms with Crippen LogP contribution in [-0.2, 0) is 9.53 Å². The molecule has 0 aliphatic carbocycles. The fourth-order valence-corrected chi connectivity index (χ4v) is 3.34. The molecule has 1 atom stereocenters. The third-order valence-corrected chi connectivity index (χ3v) is 5.43. The van der Waals surface area contributed by atoms with E-state index in [0.717, 1.165) is 12.0 Å². The van der Waals surface area contributed by atoms with E-state index in [0.29, 0.717) is 34.3 Å². The van der Waals surface area contributed by atoms with E-state index in [2.05, 4.69) is 15.8 Å². The summed E-state index contributed by atoms with van der Waals surface area (Å²) in [6.07, 6.45) is 2.13. The van der Waals surface area contributed by atoms with Gasteiger partial charge in [0.1, 0.15) is 17.6 Å². The van der Waals surface area contributed by atoms with Crippen molar-refractivity contribution in [1.82, 2.24) is 10.7 Å². The van der Waals surface area contributed by atoms with E-state index in [1.807, 2.05) is 20.8 Å². The van der Waals surface area contributed by atoms with E-state index in [1.165, 1.54) is 6.21 Å². The number of amides is 2. The number of furan rings is 1. The molecule has 0 saturated heterocycles. The Morgan fingerprint density at radius 3 is 2.31 bits per heavy atom. The number of rotatable bonds is 10. The number of hydrogen-bond acceptors (Lipinski definition) is 6. The average molecular weight is 510 g/mol. The molecule has 2 aromatic carbocycles. The molecule has 9 heteroatoms. The maximum atomic E-state index is 12.6. The van der Waals surface area contributed by atoms with E-state index in [4.69, 9.17) is 20.8 Å². The van der Waals surface area contributed by atoms with Crippen LogP contribution in [0.3, 0.4) is 0 Å². The monoisotopic (exact) mass is 509 g/mol. The molecule has 1 aromatic heterocycles. The van der Waals surface area contributed by atoms with Crippen molar-refractivity contribution in [2.24, 2.45) is 11.0 Å². The number of halogens is 1. The molecule has 2 N–H and O–H groups in total. The Kier molecular flexibility index (Phi) is 9.41. The Morgan fingerprint density at radius 2 is 1.67 bits per heavy atom. The van der Waals surface area contributed by atoms with Gasteiger partial charge in [0, 0.05) is 16.1 Å². The van der Waals surface area contributed by atoms with Gasteiger partial charge in [0.05, 0.1) is 18.4 Å². The van der Waals surface area contributed by atoms with Gasteiger partial charge in [-0.15, -0.1) is 0 Å². The first-order valence-corrected chi connectivity index (χ1v) is 11.9. The maximum Gasteiger partial charge on any atom is 0.338 e. The molecule has 0 saturated carbocycles. The molecular weight excluding hydrogens is 482 g/mol. The lowest BCUT2D eigenvalue weighted by molar-refractivity contribution is -0.123. The van der Waals surface area contributed by atoms with Gasteiger partial charge in [0.2, 0.25) is 0 Å². The summed E-state index contributed by atoms with van der Waals surface area (Å²) in [5.41, 5.74) is 4.08. The summed E-state index contributed by atoms with van der Waals surface area (Å²) in [5, 5.41) is 7.20. The summed E-state index contributed by atoms with van der Waals surface area (Å²) >= 11 is 5.86. The van der Waals surface area contributed by atoms with Crippen LogP contribution in [0.1, 0.15) is 53.7 Å². The molecule has 0 spiro atoms. The quantitative estimate of drug-likeness (QED) is 0.225. The first-order chi connectivity index (χ1) is 17.3. The van der Waals surface area contributed by atoms with Gasteiger partial charge >= 0.3 is 5.97 Å². The molecule has 0 aliphatic heterocycles. The molecule has 3 aromatic rings. The van der Waals surface area contributed by atoms with Crippen LogP contribution >= 0.6 is 11.6 Å². The molecule has 1 heterocycles. The highest BCUT2D eigenvalue weighted by Crippen LogP contribution is 2.22. The van der Waals surface area contributed by atoms with E-state index in [-0.39, 0.29) is 17.8 Å². The number of benzene rings is 2. The highest BCUT2D eigenvalue weighted by Gasteiger charge is 2.24. The lowest BCUT2D eigenvalue weighted by atomic mass is 10.0. The van der Waals surface area contributed by atoms with Crippen LogP contribution in [0.25, 0.3) is 11.3 Å². The number of carbonyl (C=O) groups excluding carboxylic acids is 3. The molecular formula is C27H28ClN3O5. The van der Waals surface area contributed by atoms with Crippen LogP contribution in [0.5, 0.6) is 0 Å².